The van der Waals surface area contributed by atoms with Gasteiger partial charge in [0.1, 0.15) is 0 Å². The van der Waals surface area contributed by atoms with Crippen molar-refractivity contribution < 1.29 is 45.7 Å². The Morgan fingerprint density at radius 3 is 2.37 bits per heavy atom. The predicted octanol–water partition coefficient (Wildman–Crippen LogP) is 4.74. The first-order valence-corrected chi connectivity index (χ1v) is 15.7. The number of sulfonamides is 1. The van der Waals surface area contributed by atoms with Crippen molar-refractivity contribution in [1.29, 1.82) is 0 Å². The Labute approximate surface area is 263 Å². The van der Waals surface area contributed by atoms with Gasteiger partial charge in [-0.3, -0.25) is 14.4 Å². The van der Waals surface area contributed by atoms with E-state index in [4.69, 9.17) is 9.57 Å². The smallest absolute Gasteiger partial charge is 0.435 e. The number of aryl methyl sites for hydroxylation is 1. The van der Waals surface area contributed by atoms with Gasteiger partial charge in [-0.1, -0.05) is 43.7 Å². The van der Waals surface area contributed by atoms with E-state index >= 15 is 0 Å². The molecule has 0 spiro atoms. The Bertz CT molecular complexity index is 1690. The van der Waals surface area contributed by atoms with Crippen molar-refractivity contribution in [3.05, 3.63) is 71.1 Å². The van der Waals surface area contributed by atoms with Crippen LogP contribution in [-0.4, -0.2) is 59.4 Å². The summed E-state index contributed by atoms with van der Waals surface area (Å²) in [6.07, 6.45) is -5.19. The van der Waals surface area contributed by atoms with E-state index in [0.29, 0.717) is 12.0 Å². The minimum Gasteiger partial charge on any atom is -0.569 e. The summed E-state index contributed by atoms with van der Waals surface area (Å²) >= 11 is 0. The van der Waals surface area contributed by atoms with Gasteiger partial charge in [0.2, 0.25) is 11.2 Å². The molecule has 2 aromatic carbocycles. The zero-order chi connectivity index (χ0) is 33.8. The Kier molecular flexibility index (Phi) is 10.2. The number of ether oxygens (including phenoxy) is 1. The van der Waals surface area contributed by atoms with E-state index in [9.17, 15) is 36.4 Å². The van der Waals surface area contributed by atoms with Crippen LogP contribution in [0, 0.1) is 24.0 Å². The summed E-state index contributed by atoms with van der Waals surface area (Å²) < 4.78 is 74.7. The van der Waals surface area contributed by atoms with Crippen LogP contribution in [-0.2, 0) is 35.4 Å². The quantitative estimate of drug-likeness (QED) is 0.106. The van der Waals surface area contributed by atoms with Gasteiger partial charge in [-0.05, 0) is 50.1 Å². The fourth-order valence-electron chi connectivity index (χ4n) is 4.49. The van der Waals surface area contributed by atoms with Gasteiger partial charge in [0.25, 0.3) is 16.3 Å². The molecule has 1 N–H and O–H groups in total. The number of nitrogens with zero attached hydrogens (tertiary/aromatic N) is 5. The van der Waals surface area contributed by atoms with Crippen molar-refractivity contribution in [1.82, 2.24) is 19.5 Å². The molecule has 0 saturated carbocycles. The summed E-state index contributed by atoms with van der Waals surface area (Å²) in [5.41, 5.74) is 0.573. The third kappa shape index (κ3) is 8.32. The number of nitrogens with one attached hydrogen (secondary N) is 1. The molecule has 46 heavy (non-hydrogen) atoms. The lowest BCUT2D eigenvalue weighted by molar-refractivity contribution is -0.715. The molecule has 3 aromatic rings. The number of carbonyl (C=O) groups is 2. The van der Waals surface area contributed by atoms with E-state index in [1.54, 1.807) is 38.1 Å². The summed E-state index contributed by atoms with van der Waals surface area (Å²) in [5, 5.41) is 20.6. The second-order valence-electron chi connectivity index (χ2n) is 11.0. The maximum Gasteiger partial charge on any atom is 0.435 e. The average Bonchev–Trinajstić information content (AvgIpc) is 3.46. The van der Waals surface area contributed by atoms with Gasteiger partial charge in [0.05, 0.1) is 46.2 Å². The maximum atomic E-state index is 13.5. The third-order valence-electron chi connectivity index (χ3n) is 7.01. The van der Waals surface area contributed by atoms with Gasteiger partial charge in [0, 0.05) is 12.5 Å². The molecule has 1 fully saturated rings. The monoisotopic (exact) mass is 666 g/mol. The lowest BCUT2D eigenvalue weighted by atomic mass is 9.99. The SMILES string of the molecule is Cc1ccc(-c2cc(C(F)(F)F)nn2-c2ccc(S(=O)(=O)NC(=O)C3CCCN([N+]([O-])=NOC(C)OC(=O)C(C)C)C3)cc2)cc1. The molecule has 4 rings (SSSR count). The van der Waals surface area contributed by atoms with Crippen molar-refractivity contribution in [2.45, 2.75) is 57.9 Å². The molecular weight excluding hydrogens is 633 g/mol. The third-order valence-corrected chi connectivity index (χ3v) is 8.37. The predicted molar refractivity (Wildman–Crippen MR) is 156 cm³/mol. The van der Waals surface area contributed by atoms with Crippen LogP contribution in [0.1, 0.15) is 44.9 Å². The molecule has 248 valence electrons. The molecule has 2 unspecified atom stereocenters. The topological polar surface area (TPSA) is 158 Å². The largest absolute Gasteiger partial charge is 0.569 e. The molecule has 13 nitrogen and oxygen atoms in total. The maximum absolute atomic E-state index is 13.5. The molecule has 1 aliphatic heterocycles. The highest BCUT2D eigenvalue weighted by molar-refractivity contribution is 7.90. The van der Waals surface area contributed by atoms with E-state index in [2.05, 4.69) is 10.4 Å². The average molecular weight is 667 g/mol. The van der Waals surface area contributed by atoms with Gasteiger partial charge in [0.15, 0.2) is 5.69 Å². The van der Waals surface area contributed by atoms with Crippen LogP contribution in [0.15, 0.2) is 64.8 Å². The molecule has 1 aliphatic rings. The highest BCUT2D eigenvalue weighted by Crippen LogP contribution is 2.33. The van der Waals surface area contributed by atoms with Crippen LogP contribution in [0.3, 0.4) is 0 Å². The standard InChI is InChI=1S/C29H33F3N6O7S/c1-18(2)28(40)44-20(4)45-35-38(41)36-15-5-6-22(17-36)27(39)34-46(42,43)24-13-11-23(12-14-24)37-25(16-26(33-37)29(30,31)32)21-9-7-19(3)8-10-21/h7-14,16,18,20,22H,5-6,15,17H2,1-4H3,(H,34,39). The van der Waals surface area contributed by atoms with Crippen LogP contribution < -0.4 is 4.72 Å². The Morgan fingerprint density at radius 1 is 1.11 bits per heavy atom. The second-order valence-corrected chi connectivity index (χ2v) is 12.7. The molecule has 2 heterocycles. The molecule has 1 aromatic heterocycles. The Balaban J connectivity index is 1.45. The van der Waals surface area contributed by atoms with Gasteiger partial charge in [-0.2, -0.15) is 18.3 Å². The van der Waals surface area contributed by atoms with E-state index in [1.807, 2.05) is 11.6 Å². The highest BCUT2D eigenvalue weighted by atomic mass is 32.2. The van der Waals surface area contributed by atoms with Crippen LogP contribution in [0.25, 0.3) is 16.9 Å². The number of halogens is 3. The van der Waals surface area contributed by atoms with Crippen molar-refractivity contribution in [3.63, 3.8) is 0 Å². The number of esters is 1. The van der Waals surface area contributed by atoms with Crippen molar-refractivity contribution in [2.75, 3.05) is 13.1 Å². The fourth-order valence-corrected chi connectivity index (χ4v) is 5.54. The lowest BCUT2D eigenvalue weighted by Crippen LogP contribution is -2.46. The number of amides is 1. The zero-order valence-corrected chi connectivity index (χ0v) is 26.2. The van der Waals surface area contributed by atoms with Crippen LogP contribution in [0.5, 0.6) is 0 Å². The van der Waals surface area contributed by atoms with Gasteiger partial charge in [-0.15, -0.1) is 5.01 Å². The number of hydrogen-bond donors (Lipinski definition) is 1. The summed E-state index contributed by atoms with van der Waals surface area (Å²) in [5.74, 6) is -2.71. The minimum atomic E-state index is -4.71. The number of hydrogen-bond acceptors (Lipinski definition) is 9. The van der Waals surface area contributed by atoms with E-state index in [0.717, 1.165) is 33.5 Å². The lowest BCUT2D eigenvalue weighted by Gasteiger charge is -2.28. The molecular formula is C29H33F3N6O7S. The number of hydrazine groups is 1. The van der Waals surface area contributed by atoms with Crippen LogP contribution in [0.4, 0.5) is 13.2 Å². The van der Waals surface area contributed by atoms with Gasteiger partial charge < -0.3 is 9.94 Å². The van der Waals surface area contributed by atoms with E-state index in [-0.39, 0.29) is 40.8 Å². The summed E-state index contributed by atoms with van der Waals surface area (Å²) in [7, 11) is -4.39. The van der Waals surface area contributed by atoms with Crippen LogP contribution >= 0.6 is 0 Å². The first-order valence-electron chi connectivity index (χ1n) is 14.3. The van der Waals surface area contributed by atoms with Crippen LogP contribution in [0.2, 0.25) is 0 Å². The number of piperidine rings is 1. The Hall–Kier alpha value is -4.67. The number of benzene rings is 2. The minimum absolute atomic E-state index is 0.108. The molecule has 1 saturated heterocycles. The molecule has 1 amide bonds. The number of alkyl halides is 3. The Morgan fingerprint density at radius 2 is 1.76 bits per heavy atom. The molecule has 0 bridgehead atoms. The summed E-state index contributed by atoms with van der Waals surface area (Å²) in [6, 6.07) is 12.6. The first kappa shape index (κ1) is 34.2. The summed E-state index contributed by atoms with van der Waals surface area (Å²) in [4.78, 5) is 29.3. The van der Waals surface area contributed by atoms with Gasteiger partial charge in [-0.25, -0.2) is 17.8 Å². The molecule has 2 atom stereocenters. The van der Waals surface area contributed by atoms with E-state index < -0.39 is 51.9 Å². The first-order chi connectivity index (χ1) is 21.5. The zero-order valence-electron chi connectivity index (χ0n) is 25.4. The number of rotatable bonds is 10. The molecule has 0 aliphatic carbocycles. The van der Waals surface area contributed by atoms with Gasteiger partial charge >= 0.3 is 12.1 Å². The highest BCUT2D eigenvalue weighted by Gasteiger charge is 2.36. The van der Waals surface area contributed by atoms with Crippen molar-refractivity contribution in [2.24, 2.45) is 17.1 Å². The summed E-state index contributed by atoms with van der Waals surface area (Å²) in [6.45, 7) is 6.51. The number of carbonyl (C=O) groups excluding carboxylic acids is 2. The normalized spacial score (nSPS) is 16.7. The van der Waals surface area contributed by atoms with Crippen molar-refractivity contribution >= 4 is 21.9 Å². The number of aromatic nitrogens is 2. The molecule has 0 radical (unpaired) electrons. The molecule has 17 heteroatoms. The van der Waals surface area contributed by atoms with E-state index in [1.165, 1.54) is 19.1 Å². The fraction of sp³-hybridized carbons (Fsp3) is 0.414. The van der Waals surface area contributed by atoms with Crippen molar-refractivity contribution in [3.8, 4) is 16.9 Å². The second kappa shape index (κ2) is 13.8.